The Morgan fingerprint density at radius 3 is 0.857 bits per heavy atom. The number of alkyl carbamates (subject to hydrolysis) is 1. The molecule has 1 rings (SSSR count). The molecule has 91 heavy (non-hydrogen) atoms. The first kappa shape index (κ1) is 81.8. The fourth-order valence-electron chi connectivity index (χ4n) is 8.61. The van der Waals surface area contributed by atoms with Crippen molar-refractivity contribution in [3.8, 4) is 0 Å². The maximum atomic E-state index is 13.4. The van der Waals surface area contributed by atoms with E-state index in [0.717, 1.165) is 5.56 Å². The number of nitrogens with one attached hydrogen (secondary N) is 11. The van der Waals surface area contributed by atoms with E-state index in [9.17, 15) is 52.7 Å². The molecule has 0 aliphatic carbocycles. The molecule has 0 saturated heterocycles. The Hall–Kier alpha value is -7.17. The van der Waals surface area contributed by atoms with E-state index < -0.39 is 23.6 Å². The highest BCUT2D eigenvalue weighted by atomic mass is 16.6. The van der Waals surface area contributed by atoms with E-state index in [1.807, 2.05) is 49.9 Å². The van der Waals surface area contributed by atoms with Gasteiger partial charge in [0.2, 0.25) is 59.1 Å². The molecule has 1 atom stereocenters. The van der Waals surface area contributed by atoms with Crippen molar-refractivity contribution in [2.24, 2.45) is 28.7 Å². The number of benzene rings is 1. The normalized spacial score (nSPS) is 11.6. The van der Waals surface area contributed by atoms with Gasteiger partial charge in [-0.2, -0.15) is 0 Å². The minimum absolute atomic E-state index is 0.00685. The van der Waals surface area contributed by atoms with E-state index in [1.165, 1.54) is 0 Å². The molecule has 0 bridgehead atoms. The van der Waals surface area contributed by atoms with Gasteiger partial charge in [-0.1, -0.05) is 30.3 Å². The Labute approximate surface area is 536 Å². The zero-order chi connectivity index (χ0) is 67.5. The summed E-state index contributed by atoms with van der Waals surface area (Å²) in [7, 11) is 0. The minimum atomic E-state index is -0.949. The molecular weight excluding hydrogens is 1180 g/mol. The summed E-state index contributed by atoms with van der Waals surface area (Å²) in [5, 5.41) is 30.5. The molecule has 1 aromatic rings. The van der Waals surface area contributed by atoms with Crippen LogP contribution in [0, 0.1) is 0 Å². The minimum Gasteiger partial charge on any atom is -0.444 e. The second-order valence-electron chi connectivity index (χ2n) is 22.4. The lowest BCUT2D eigenvalue weighted by atomic mass is 10.1. The van der Waals surface area contributed by atoms with Gasteiger partial charge in [0.25, 0.3) is 0 Å². The maximum absolute atomic E-state index is 13.4. The maximum Gasteiger partial charge on any atom is 0.408 e. The highest BCUT2D eigenvalue weighted by molar-refractivity contribution is 5.86. The van der Waals surface area contributed by atoms with Gasteiger partial charge in [-0.05, 0) is 26.3 Å². The summed E-state index contributed by atoms with van der Waals surface area (Å²) < 4.78 is 5.38. The van der Waals surface area contributed by atoms with Crippen LogP contribution < -0.4 is 87.2 Å². The quantitative estimate of drug-likeness (QED) is 0.0270. The standard InChI is InChI=1S/C59H110N20O12/c1-59(2,3)91-58(90)75-47(45-46-7-5-4-6-8-46)57(89)74-29-28-70-53(85)17-41-79(40-16-52(84)69-27-22-64)44-32-73-56(88)11-35-76(33-9-54(86)71-30-42-77(36-12-48(80)65-23-18-60)37-13-49(81)66-24-19-61)34-10-55(87)72-31-43-78(38-14-50(82)67-25-20-62)39-15-51(83)68-26-21-63/h4-8,47H,9-45,60-64H2,1-3H3,(H,65,80)(H,66,81)(H,67,82)(H,68,83)(H,69,84)(H,70,85)(H,71,86)(H,72,87)(H,73,88)(H,74,89)(H,75,90). The number of hydrogen-bond donors (Lipinski definition) is 16. The molecule has 0 saturated carbocycles. The predicted octanol–water partition coefficient (Wildman–Crippen LogP) is -6.20. The van der Waals surface area contributed by atoms with Crippen molar-refractivity contribution >= 4 is 65.2 Å². The number of nitrogens with two attached hydrogens (primary N) is 5. The molecule has 0 aromatic heterocycles. The molecule has 0 spiro atoms. The molecule has 0 radical (unpaired) electrons. The van der Waals surface area contributed by atoms with Crippen molar-refractivity contribution in [2.75, 3.05) is 177 Å². The highest BCUT2D eigenvalue weighted by Crippen LogP contribution is 2.09. The monoisotopic (exact) mass is 1290 g/mol. The van der Waals surface area contributed by atoms with E-state index in [2.05, 4.69) is 58.5 Å². The Morgan fingerprint density at radius 1 is 0.352 bits per heavy atom. The van der Waals surface area contributed by atoms with Crippen LogP contribution in [0.5, 0.6) is 0 Å². The lowest BCUT2D eigenvalue weighted by Gasteiger charge is -2.24. The third-order valence-corrected chi connectivity index (χ3v) is 13.5. The number of carbonyl (C=O) groups excluding carboxylic acids is 11. The Balaban J connectivity index is 3.06. The number of nitrogens with zero attached hydrogens (tertiary/aromatic N) is 4. The Kier molecular flexibility index (Phi) is 46.3. The molecule has 32 nitrogen and oxygen atoms in total. The average Bonchev–Trinajstić information content (AvgIpc) is 3.22. The highest BCUT2D eigenvalue weighted by Gasteiger charge is 2.25. The van der Waals surface area contributed by atoms with E-state index in [0.29, 0.717) is 65.4 Å². The predicted molar refractivity (Wildman–Crippen MR) is 346 cm³/mol. The topological polar surface area (TPSA) is 472 Å². The van der Waals surface area contributed by atoms with Crippen LogP contribution in [0.3, 0.4) is 0 Å². The average molecular weight is 1290 g/mol. The summed E-state index contributed by atoms with van der Waals surface area (Å²) in [6.45, 7) is 12.2. The van der Waals surface area contributed by atoms with Crippen molar-refractivity contribution in [3.05, 3.63) is 35.9 Å². The van der Waals surface area contributed by atoms with E-state index >= 15 is 0 Å². The molecule has 32 heteroatoms. The lowest BCUT2D eigenvalue weighted by Crippen LogP contribution is -2.50. The fourth-order valence-corrected chi connectivity index (χ4v) is 8.61. The van der Waals surface area contributed by atoms with E-state index in [1.54, 1.807) is 20.8 Å². The summed E-state index contributed by atoms with van der Waals surface area (Å²) in [6.07, 6.45) is 0.228. The first-order valence-electron chi connectivity index (χ1n) is 31.7. The molecular formula is C59H110N20O12. The third-order valence-electron chi connectivity index (χ3n) is 13.5. The molecule has 0 aliphatic heterocycles. The van der Waals surface area contributed by atoms with Crippen LogP contribution in [-0.2, 0) is 59.1 Å². The van der Waals surface area contributed by atoms with Gasteiger partial charge in [-0.25, -0.2) is 4.79 Å². The number of hydrogen-bond acceptors (Lipinski definition) is 21. The smallest absolute Gasteiger partial charge is 0.408 e. The van der Waals surface area contributed by atoms with Crippen molar-refractivity contribution in [1.29, 1.82) is 0 Å². The molecule has 21 N–H and O–H groups in total. The number of carbonyl (C=O) groups is 11. The second kappa shape index (κ2) is 51.4. The molecule has 1 unspecified atom stereocenters. The van der Waals surface area contributed by atoms with Crippen LogP contribution in [0.25, 0.3) is 0 Å². The van der Waals surface area contributed by atoms with Gasteiger partial charge in [-0.3, -0.25) is 47.9 Å². The summed E-state index contributed by atoms with van der Waals surface area (Å²) in [4.78, 5) is 149. The SMILES string of the molecule is CC(C)(C)OC(=O)NC(Cc1ccccc1)C(=O)NCCNC(=O)CCN(CCNC(=O)CCN(CCC(=O)NCCN(CCC(=O)NCCN)CCC(=O)NCCN)CCC(=O)NCCN(CCC(=O)NCCN)CCC(=O)NCCN)CCC(=O)NCCN. The van der Waals surface area contributed by atoms with Crippen LogP contribution in [-0.4, -0.2) is 273 Å². The number of amides is 11. The zero-order valence-corrected chi connectivity index (χ0v) is 54.2. The summed E-state index contributed by atoms with van der Waals surface area (Å²) >= 11 is 0. The van der Waals surface area contributed by atoms with Crippen molar-refractivity contribution < 1.29 is 57.5 Å². The van der Waals surface area contributed by atoms with E-state index in [-0.39, 0.29) is 229 Å². The van der Waals surface area contributed by atoms with Gasteiger partial charge < -0.3 is 111 Å². The van der Waals surface area contributed by atoms with E-state index in [4.69, 9.17) is 33.4 Å². The Morgan fingerprint density at radius 2 is 0.593 bits per heavy atom. The first-order chi connectivity index (χ1) is 43.6. The van der Waals surface area contributed by atoms with Gasteiger partial charge in [0, 0.05) is 241 Å². The molecule has 0 heterocycles. The van der Waals surface area contributed by atoms with Gasteiger partial charge in [0.1, 0.15) is 11.6 Å². The number of rotatable bonds is 53. The van der Waals surface area contributed by atoms with Gasteiger partial charge >= 0.3 is 6.09 Å². The van der Waals surface area contributed by atoms with Gasteiger partial charge in [-0.15, -0.1) is 0 Å². The second-order valence-corrected chi connectivity index (χ2v) is 22.4. The summed E-state index contributed by atoms with van der Waals surface area (Å²) in [5.74, 6) is -2.74. The van der Waals surface area contributed by atoms with Crippen LogP contribution in [0.1, 0.15) is 84.1 Å². The van der Waals surface area contributed by atoms with Gasteiger partial charge in [0.05, 0.1) is 0 Å². The molecule has 0 aliphatic rings. The molecule has 1 aromatic carbocycles. The summed E-state index contributed by atoms with van der Waals surface area (Å²) in [5.41, 5.74) is 27.7. The first-order valence-corrected chi connectivity index (χ1v) is 31.7. The largest absolute Gasteiger partial charge is 0.444 e. The Bertz CT molecular complexity index is 2160. The lowest BCUT2D eigenvalue weighted by molar-refractivity contribution is -0.124. The van der Waals surface area contributed by atoms with Crippen molar-refractivity contribution in [2.45, 2.75) is 96.6 Å². The van der Waals surface area contributed by atoms with Crippen LogP contribution >= 0.6 is 0 Å². The molecule has 0 fully saturated rings. The third kappa shape index (κ3) is 46.5. The van der Waals surface area contributed by atoms with Gasteiger partial charge in [0.15, 0.2) is 0 Å². The fraction of sp³-hybridized carbons (Fsp3) is 0.712. The van der Waals surface area contributed by atoms with Crippen LogP contribution in [0.4, 0.5) is 4.79 Å². The van der Waals surface area contributed by atoms with Crippen molar-refractivity contribution in [1.82, 2.24) is 78.1 Å². The van der Waals surface area contributed by atoms with Crippen LogP contribution in [0.15, 0.2) is 30.3 Å². The van der Waals surface area contributed by atoms with Crippen molar-refractivity contribution in [3.63, 3.8) is 0 Å². The summed E-state index contributed by atoms with van der Waals surface area (Å²) in [6, 6.07) is 8.22. The molecule has 11 amide bonds. The molecule has 518 valence electrons. The van der Waals surface area contributed by atoms with Crippen LogP contribution in [0.2, 0.25) is 0 Å². The zero-order valence-electron chi connectivity index (χ0n) is 54.2. The number of ether oxygens (including phenoxy) is 1.